The van der Waals surface area contributed by atoms with Crippen molar-refractivity contribution in [2.24, 2.45) is 17.8 Å². The van der Waals surface area contributed by atoms with Crippen LogP contribution >= 0.6 is 0 Å². The van der Waals surface area contributed by atoms with E-state index >= 15 is 0 Å². The molecular weight excluding hydrogens is 359 g/mol. The summed E-state index contributed by atoms with van der Waals surface area (Å²) < 4.78 is 18.0. The molecule has 162 valence electrons. The zero-order valence-corrected chi connectivity index (χ0v) is 18.5. The van der Waals surface area contributed by atoms with Crippen molar-refractivity contribution < 1.29 is 9.13 Å². The highest BCUT2D eigenvalue weighted by Crippen LogP contribution is 2.40. The molecule has 2 aliphatic rings. The largest absolute Gasteiger partial charge is 0.494 e. The molecule has 0 unspecified atom stereocenters. The standard InChI is InChI=1S/C27H41FO/c1-2-3-21-29-27-18-16-26(17-19-27)25-14-12-24(13-15-25)11-10-23-8-6-22(7-9-23)5-4-20-28/h4,16-20,22-25H,2-3,5-15,21H2,1H3/b20-4+/t22-,23-,24-,25-. The van der Waals surface area contributed by atoms with E-state index in [0.717, 1.165) is 55.2 Å². The lowest BCUT2D eigenvalue weighted by atomic mass is 9.74. The molecular formula is C27H41FO. The first kappa shape index (κ1) is 22.4. The molecule has 29 heavy (non-hydrogen) atoms. The molecule has 0 atom stereocenters. The molecule has 0 amide bonds. The van der Waals surface area contributed by atoms with E-state index in [1.807, 2.05) is 0 Å². The molecule has 0 bridgehead atoms. The Balaban J connectivity index is 1.32. The van der Waals surface area contributed by atoms with Crippen LogP contribution in [0.25, 0.3) is 0 Å². The molecule has 0 radical (unpaired) electrons. The summed E-state index contributed by atoms with van der Waals surface area (Å²) in [6, 6.07) is 8.92. The highest BCUT2D eigenvalue weighted by atomic mass is 19.1. The first-order valence-corrected chi connectivity index (χ1v) is 12.3. The predicted molar refractivity (Wildman–Crippen MR) is 121 cm³/mol. The van der Waals surface area contributed by atoms with E-state index in [0.29, 0.717) is 0 Å². The number of halogens is 1. The van der Waals surface area contributed by atoms with Gasteiger partial charge in [0.2, 0.25) is 0 Å². The van der Waals surface area contributed by atoms with Crippen LogP contribution in [0.15, 0.2) is 36.7 Å². The third-order valence-corrected chi connectivity index (χ3v) is 7.47. The smallest absolute Gasteiger partial charge is 0.119 e. The van der Waals surface area contributed by atoms with Crippen LogP contribution in [0.1, 0.15) is 102 Å². The quantitative estimate of drug-likeness (QED) is 0.357. The maximum Gasteiger partial charge on any atom is 0.119 e. The average Bonchev–Trinajstić information content (AvgIpc) is 2.78. The summed E-state index contributed by atoms with van der Waals surface area (Å²) in [5, 5.41) is 0. The number of unbranched alkanes of at least 4 members (excludes halogenated alkanes) is 1. The van der Waals surface area contributed by atoms with E-state index in [2.05, 4.69) is 31.2 Å². The van der Waals surface area contributed by atoms with Crippen LogP contribution in [0.4, 0.5) is 4.39 Å². The fourth-order valence-electron chi connectivity index (χ4n) is 5.43. The van der Waals surface area contributed by atoms with Gasteiger partial charge >= 0.3 is 0 Å². The highest BCUT2D eigenvalue weighted by molar-refractivity contribution is 5.29. The Kier molecular flexibility index (Phi) is 9.57. The van der Waals surface area contributed by atoms with Crippen molar-refractivity contribution in [1.29, 1.82) is 0 Å². The topological polar surface area (TPSA) is 9.23 Å². The van der Waals surface area contributed by atoms with Crippen LogP contribution in [0.3, 0.4) is 0 Å². The van der Waals surface area contributed by atoms with Crippen molar-refractivity contribution in [2.45, 2.75) is 96.3 Å². The van der Waals surface area contributed by atoms with Gasteiger partial charge in [-0.15, -0.1) is 0 Å². The van der Waals surface area contributed by atoms with Crippen LogP contribution in [0.5, 0.6) is 5.75 Å². The zero-order chi connectivity index (χ0) is 20.3. The van der Waals surface area contributed by atoms with Crippen LogP contribution < -0.4 is 4.74 Å². The highest BCUT2D eigenvalue weighted by Gasteiger charge is 2.25. The second kappa shape index (κ2) is 12.4. The Morgan fingerprint density at radius 3 is 2.03 bits per heavy atom. The molecule has 0 aliphatic heterocycles. The van der Waals surface area contributed by atoms with Crippen LogP contribution in [-0.2, 0) is 0 Å². The summed E-state index contributed by atoms with van der Waals surface area (Å²) in [6.07, 6.45) is 19.4. The van der Waals surface area contributed by atoms with Crippen molar-refractivity contribution in [3.05, 3.63) is 42.2 Å². The van der Waals surface area contributed by atoms with Gasteiger partial charge in [-0.3, -0.25) is 0 Å². The molecule has 0 N–H and O–H groups in total. The summed E-state index contributed by atoms with van der Waals surface area (Å²) >= 11 is 0. The number of ether oxygens (including phenoxy) is 1. The number of benzene rings is 1. The van der Waals surface area contributed by atoms with Crippen molar-refractivity contribution >= 4 is 0 Å². The molecule has 2 saturated carbocycles. The number of allylic oxidation sites excluding steroid dienone is 1. The van der Waals surface area contributed by atoms with Gasteiger partial charge in [0.25, 0.3) is 0 Å². The summed E-state index contributed by atoms with van der Waals surface area (Å²) in [5.74, 6) is 4.37. The Labute approximate surface area is 178 Å². The van der Waals surface area contributed by atoms with Gasteiger partial charge < -0.3 is 4.74 Å². The van der Waals surface area contributed by atoms with Crippen LogP contribution in [-0.4, -0.2) is 6.61 Å². The molecule has 2 aliphatic carbocycles. The number of hydrogen-bond acceptors (Lipinski definition) is 1. The second-order valence-electron chi connectivity index (χ2n) is 9.55. The molecule has 0 aromatic heterocycles. The van der Waals surface area contributed by atoms with E-state index < -0.39 is 0 Å². The Morgan fingerprint density at radius 2 is 1.45 bits per heavy atom. The minimum atomic E-state index is 0.720. The van der Waals surface area contributed by atoms with Crippen LogP contribution in [0, 0.1) is 17.8 Å². The zero-order valence-electron chi connectivity index (χ0n) is 18.5. The Morgan fingerprint density at radius 1 is 0.862 bits per heavy atom. The van der Waals surface area contributed by atoms with Gasteiger partial charge in [-0.25, -0.2) is 4.39 Å². The lowest BCUT2D eigenvalue weighted by molar-refractivity contribution is 0.231. The fourth-order valence-corrected chi connectivity index (χ4v) is 5.43. The molecule has 1 aromatic carbocycles. The molecule has 1 nitrogen and oxygen atoms in total. The Hall–Kier alpha value is -1.31. The maximum absolute atomic E-state index is 12.2. The SMILES string of the molecule is CCCCOc1ccc([C@H]2CC[C@H](CC[C@H]3CC[C@H](C/C=C/F)CC3)CC2)cc1. The van der Waals surface area contributed by atoms with E-state index in [1.165, 1.54) is 76.2 Å². The van der Waals surface area contributed by atoms with E-state index in [-0.39, 0.29) is 0 Å². The first-order valence-electron chi connectivity index (χ1n) is 12.3. The maximum atomic E-state index is 12.2. The molecule has 0 heterocycles. The van der Waals surface area contributed by atoms with Crippen molar-refractivity contribution in [3.63, 3.8) is 0 Å². The van der Waals surface area contributed by atoms with Gasteiger partial charge in [0, 0.05) is 0 Å². The third kappa shape index (κ3) is 7.46. The summed E-state index contributed by atoms with van der Waals surface area (Å²) in [6.45, 7) is 3.03. The van der Waals surface area contributed by atoms with Crippen molar-refractivity contribution in [2.75, 3.05) is 6.61 Å². The molecule has 3 rings (SSSR count). The van der Waals surface area contributed by atoms with Crippen molar-refractivity contribution in [1.82, 2.24) is 0 Å². The average molecular weight is 401 g/mol. The summed E-state index contributed by atoms with van der Waals surface area (Å²) in [7, 11) is 0. The molecule has 2 fully saturated rings. The normalized spacial score (nSPS) is 27.9. The van der Waals surface area contributed by atoms with Gasteiger partial charge in [-0.05, 0) is 92.7 Å². The lowest BCUT2D eigenvalue weighted by Gasteiger charge is -2.32. The molecule has 2 heteroatoms. The monoisotopic (exact) mass is 400 g/mol. The lowest BCUT2D eigenvalue weighted by Crippen LogP contribution is -2.17. The van der Waals surface area contributed by atoms with Gasteiger partial charge in [-0.2, -0.15) is 0 Å². The summed E-state index contributed by atoms with van der Waals surface area (Å²) in [4.78, 5) is 0. The Bertz CT molecular complexity index is 577. The summed E-state index contributed by atoms with van der Waals surface area (Å²) in [5.41, 5.74) is 1.51. The van der Waals surface area contributed by atoms with E-state index in [1.54, 1.807) is 6.08 Å². The first-order chi connectivity index (χ1) is 14.3. The predicted octanol–water partition coefficient (Wildman–Crippen LogP) is 8.60. The molecule has 0 saturated heterocycles. The number of hydrogen-bond donors (Lipinski definition) is 0. The fraction of sp³-hybridized carbons (Fsp3) is 0.704. The van der Waals surface area contributed by atoms with Crippen molar-refractivity contribution in [3.8, 4) is 5.75 Å². The third-order valence-electron chi connectivity index (χ3n) is 7.47. The van der Waals surface area contributed by atoms with Crippen LogP contribution in [0.2, 0.25) is 0 Å². The number of rotatable bonds is 10. The molecule has 0 spiro atoms. The van der Waals surface area contributed by atoms with E-state index in [4.69, 9.17) is 4.74 Å². The van der Waals surface area contributed by atoms with Gasteiger partial charge in [-0.1, -0.05) is 57.2 Å². The molecule has 1 aromatic rings. The van der Waals surface area contributed by atoms with Gasteiger partial charge in [0.15, 0.2) is 0 Å². The minimum absolute atomic E-state index is 0.720. The van der Waals surface area contributed by atoms with E-state index in [9.17, 15) is 4.39 Å². The minimum Gasteiger partial charge on any atom is -0.494 e. The second-order valence-corrected chi connectivity index (χ2v) is 9.55. The van der Waals surface area contributed by atoms with Gasteiger partial charge in [0.05, 0.1) is 12.9 Å². The van der Waals surface area contributed by atoms with Gasteiger partial charge in [0.1, 0.15) is 5.75 Å².